The second-order valence-corrected chi connectivity index (χ2v) is 1.27. The van der Waals surface area contributed by atoms with Crippen molar-refractivity contribution >= 4 is 0 Å². The molecule has 0 amide bonds. The van der Waals surface area contributed by atoms with Gasteiger partial charge < -0.3 is 5.32 Å². The van der Waals surface area contributed by atoms with Gasteiger partial charge in [0.25, 0.3) is 0 Å². The topological polar surface area (TPSA) is 12.0 Å². The maximum Gasteiger partial charge on any atom is 0.0325 e. The molecular formula is C6H10N. The molecule has 0 aliphatic rings. The van der Waals surface area contributed by atoms with Gasteiger partial charge in [0.2, 0.25) is 0 Å². The summed E-state index contributed by atoms with van der Waals surface area (Å²) < 4.78 is 0. The lowest BCUT2D eigenvalue weighted by molar-refractivity contribution is 0.941. The Labute approximate surface area is 44.7 Å². The molecule has 0 saturated heterocycles. The molecule has 0 aromatic rings. The lowest BCUT2D eigenvalue weighted by atomic mass is 10.6. The van der Waals surface area contributed by atoms with Gasteiger partial charge in [-0.05, 0) is 6.92 Å². The van der Waals surface area contributed by atoms with Crippen molar-refractivity contribution in [3.8, 4) is 0 Å². The van der Waals surface area contributed by atoms with Crippen molar-refractivity contribution in [1.82, 2.24) is 5.32 Å². The average molecular weight is 98.1 g/mol. The number of hydrogen-bond donors (Lipinski definition) is 1. The van der Waals surface area contributed by atoms with Crippen LogP contribution in [0.5, 0.6) is 0 Å². The first-order chi connectivity index (χ1) is 3.27. The van der Waals surface area contributed by atoms with E-state index in [1.807, 2.05) is 0 Å². The van der Waals surface area contributed by atoms with E-state index in [1.165, 1.54) is 0 Å². The highest BCUT2D eigenvalue weighted by atomic mass is 15.3. The van der Waals surface area contributed by atoms with Gasteiger partial charge in [-0.25, -0.2) is 0 Å². The fourth-order valence-corrected chi connectivity index (χ4v) is 0.217. The van der Waals surface area contributed by atoms with Crippen LogP contribution in [0.15, 0.2) is 24.9 Å². The van der Waals surface area contributed by atoms with Crippen LogP contribution in [0.25, 0.3) is 0 Å². The van der Waals surface area contributed by atoms with Crippen molar-refractivity contribution in [2.24, 2.45) is 0 Å². The summed E-state index contributed by atoms with van der Waals surface area (Å²) in [6.07, 6.45) is 1.76. The Bertz CT molecular complexity index is 74.2. The van der Waals surface area contributed by atoms with E-state index in [1.54, 1.807) is 6.08 Å². The highest BCUT2D eigenvalue weighted by molar-refractivity contribution is 4.95. The zero-order valence-electron chi connectivity index (χ0n) is 4.41. The van der Waals surface area contributed by atoms with Crippen LogP contribution in [-0.4, -0.2) is 6.54 Å². The van der Waals surface area contributed by atoms with Crippen LogP contribution in [0.4, 0.5) is 0 Å². The van der Waals surface area contributed by atoms with Gasteiger partial charge in [0.15, 0.2) is 0 Å². The second-order valence-electron chi connectivity index (χ2n) is 1.27. The number of allylic oxidation sites excluding steroid dienone is 1. The first-order valence-electron chi connectivity index (χ1n) is 2.13. The van der Waals surface area contributed by atoms with Gasteiger partial charge in [0, 0.05) is 12.2 Å². The third kappa shape index (κ3) is 5.28. The molecule has 0 saturated carbocycles. The molecule has 0 fully saturated rings. The molecule has 7 heavy (non-hydrogen) atoms. The summed E-state index contributed by atoms with van der Waals surface area (Å²) in [6.45, 7) is 11.3. The smallest absolute Gasteiger partial charge is 0.0325 e. The normalized spacial score (nSPS) is 7.57. The molecule has 0 unspecified atom stereocenters. The Morgan fingerprint density at radius 3 is 2.43 bits per heavy atom. The predicted octanol–water partition coefficient (Wildman–Crippen LogP) is 1.11. The molecule has 0 heterocycles. The zero-order valence-corrected chi connectivity index (χ0v) is 4.41. The van der Waals surface area contributed by atoms with Crippen LogP contribution in [0.2, 0.25) is 0 Å². The Balaban J connectivity index is 2.97. The SMILES string of the molecule is [CH2]C(=C)N[14CH2]C=C. The molecule has 0 aliphatic heterocycles. The van der Waals surface area contributed by atoms with Crippen molar-refractivity contribution in [3.63, 3.8) is 0 Å². The molecule has 39 valence electrons. The van der Waals surface area contributed by atoms with Gasteiger partial charge in [0.05, 0.1) is 0 Å². The number of hydrogen-bond acceptors (Lipinski definition) is 1. The Morgan fingerprint density at radius 2 is 2.29 bits per heavy atom. The molecule has 0 aliphatic carbocycles. The van der Waals surface area contributed by atoms with Crippen molar-refractivity contribution < 1.29 is 0 Å². The Hall–Kier alpha value is -0.720. The van der Waals surface area contributed by atoms with Crippen molar-refractivity contribution in [3.05, 3.63) is 31.9 Å². The van der Waals surface area contributed by atoms with E-state index >= 15 is 0 Å². The van der Waals surface area contributed by atoms with Gasteiger partial charge in [-0.3, -0.25) is 0 Å². The van der Waals surface area contributed by atoms with Crippen molar-refractivity contribution in [1.29, 1.82) is 0 Å². The quantitative estimate of drug-likeness (QED) is 0.521. The first kappa shape index (κ1) is 6.28. The van der Waals surface area contributed by atoms with Gasteiger partial charge in [0.1, 0.15) is 0 Å². The predicted molar refractivity (Wildman–Crippen MR) is 32.7 cm³/mol. The average Bonchev–Trinajstić information content (AvgIpc) is 1.61. The largest absolute Gasteiger partial charge is 0.385 e. The standard InChI is InChI=1S/C6H10N/c1-4-5-7-6(2)3/h4,7H,1-3,5H2/i5+2. The molecule has 1 radical (unpaired) electrons. The molecule has 0 spiro atoms. The molecule has 1 N–H and O–H groups in total. The summed E-state index contributed by atoms with van der Waals surface area (Å²) >= 11 is 0. The van der Waals surface area contributed by atoms with Crippen LogP contribution < -0.4 is 5.32 Å². The van der Waals surface area contributed by atoms with Crippen LogP contribution in [-0.2, 0) is 0 Å². The third-order valence-electron chi connectivity index (χ3n) is 0.496. The second kappa shape index (κ2) is 3.47. The van der Waals surface area contributed by atoms with E-state index in [4.69, 9.17) is 0 Å². The monoisotopic (exact) mass is 98.1 g/mol. The minimum atomic E-state index is 0.736. The van der Waals surface area contributed by atoms with Gasteiger partial charge in [-0.1, -0.05) is 12.7 Å². The summed E-state index contributed by atoms with van der Waals surface area (Å²) in [6, 6.07) is 0. The number of rotatable bonds is 3. The summed E-state index contributed by atoms with van der Waals surface area (Å²) in [5.74, 6) is 0. The highest BCUT2D eigenvalue weighted by Crippen LogP contribution is 1.73. The van der Waals surface area contributed by atoms with Crippen molar-refractivity contribution in [2.45, 2.75) is 0 Å². The summed E-state index contributed by atoms with van der Waals surface area (Å²) in [5.41, 5.74) is 0.736. The third-order valence-corrected chi connectivity index (χ3v) is 0.496. The van der Waals surface area contributed by atoms with E-state index in [0.717, 1.165) is 12.2 Å². The van der Waals surface area contributed by atoms with Crippen LogP contribution in [0.3, 0.4) is 0 Å². The molecule has 0 atom stereocenters. The van der Waals surface area contributed by atoms with Gasteiger partial charge in [-0.15, -0.1) is 6.58 Å². The molecule has 0 aromatic carbocycles. The van der Waals surface area contributed by atoms with Crippen LogP contribution in [0.1, 0.15) is 0 Å². The summed E-state index contributed by atoms with van der Waals surface area (Å²) in [7, 11) is 0. The molecular weight excluding hydrogens is 88.1 g/mol. The fourth-order valence-electron chi connectivity index (χ4n) is 0.217. The Morgan fingerprint density at radius 1 is 1.71 bits per heavy atom. The van der Waals surface area contributed by atoms with Crippen LogP contribution >= 0.6 is 0 Å². The lowest BCUT2D eigenvalue weighted by Crippen LogP contribution is -2.08. The minimum Gasteiger partial charge on any atom is -0.385 e. The molecule has 1 nitrogen and oxygen atoms in total. The Kier molecular flexibility index (Phi) is 3.11. The maximum absolute atomic E-state index is 3.52. The summed E-state index contributed by atoms with van der Waals surface area (Å²) in [5, 5.41) is 2.87. The molecule has 0 bridgehead atoms. The number of nitrogens with one attached hydrogen (secondary N) is 1. The van der Waals surface area contributed by atoms with Crippen LogP contribution in [0, 0.1) is 6.92 Å². The minimum absolute atomic E-state index is 0.736. The van der Waals surface area contributed by atoms with Gasteiger partial charge >= 0.3 is 0 Å². The summed E-state index contributed by atoms with van der Waals surface area (Å²) in [4.78, 5) is 0. The van der Waals surface area contributed by atoms with E-state index in [0.29, 0.717) is 0 Å². The first-order valence-corrected chi connectivity index (χ1v) is 2.13. The fraction of sp³-hybridized carbons (Fsp3) is 0.167. The molecule has 0 rings (SSSR count). The van der Waals surface area contributed by atoms with E-state index < -0.39 is 0 Å². The van der Waals surface area contributed by atoms with Crippen molar-refractivity contribution in [2.75, 3.05) is 6.54 Å². The van der Waals surface area contributed by atoms with E-state index in [2.05, 4.69) is 25.4 Å². The lowest BCUT2D eigenvalue weighted by Gasteiger charge is -1.96. The van der Waals surface area contributed by atoms with Gasteiger partial charge in [-0.2, -0.15) is 0 Å². The molecule has 0 aromatic heterocycles. The maximum atomic E-state index is 3.52. The molecule has 1 heteroatoms. The van der Waals surface area contributed by atoms with E-state index in [-0.39, 0.29) is 0 Å². The zero-order chi connectivity index (χ0) is 5.70. The highest BCUT2D eigenvalue weighted by Gasteiger charge is 1.73. The van der Waals surface area contributed by atoms with E-state index in [9.17, 15) is 0 Å².